The molecule has 8 rings (SSSR count). The van der Waals surface area contributed by atoms with Gasteiger partial charge in [0.2, 0.25) is 5.88 Å². The van der Waals surface area contributed by atoms with Crippen molar-refractivity contribution < 1.29 is 36.5 Å². The number of fused-ring (bicyclic) bond motifs is 1. The molecule has 3 atom stereocenters. The number of rotatable bonds is 13. The molecule has 0 spiro atoms. The number of nitrogens with zero attached hydrogens (tertiary/aromatic N) is 7. The van der Waals surface area contributed by atoms with Gasteiger partial charge < -0.3 is 28.7 Å². The summed E-state index contributed by atoms with van der Waals surface area (Å²) in [6.45, 7) is 5.01. The lowest BCUT2D eigenvalue weighted by molar-refractivity contribution is 0.107. The van der Waals surface area contributed by atoms with Gasteiger partial charge in [0.1, 0.15) is 64.8 Å². The Morgan fingerprint density at radius 3 is 2.28 bits per heavy atom. The van der Waals surface area contributed by atoms with Gasteiger partial charge in [0.05, 0.1) is 32.3 Å². The number of hydrogen-bond acceptors (Lipinski definition) is 11. The van der Waals surface area contributed by atoms with Crippen molar-refractivity contribution in [3.63, 3.8) is 0 Å². The first kappa shape index (κ1) is 40.1. The zero-order valence-electron chi connectivity index (χ0n) is 32.7. The van der Waals surface area contributed by atoms with E-state index in [1.54, 1.807) is 21.1 Å². The fraction of sp³-hybridized carbons (Fsp3) is 0.429. The van der Waals surface area contributed by atoms with Gasteiger partial charge in [0.25, 0.3) is 6.43 Å². The number of ether oxygens (including phenoxy) is 4. The Labute approximate surface area is 347 Å². The molecule has 6 heterocycles. The Bertz CT molecular complexity index is 2240. The molecule has 2 saturated heterocycles. The molecule has 5 aromatic rings. The monoisotopic (exact) mass is 913 g/mol. The fourth-order valence-corrected chi connectivity index (χ4v) is 8.81. The molecule has 3 aliphatic heterocycles. The van der Waals surface area contributed by atoms with E-state index in [2.05, 4.69) is 42.4 Å². The molecule has 0 bridgehead atoms. The summed E-state index contributed by atoms with van der Waals surface area (Å²) < 4.78 is 84.0. The van der Waals surface area contributed by atoms with E-state index in [0.29, 0.717) is 35.4 Å². The van der Waals surface area contributed by atoms with Crippen molar-refractivity contribution in [2.75, 3.05) is 56.9 Å². The standard InChI is InChI=1S/C42H44F4IN7O4/c1-24-16-32(52(18-26-6-10-29(55-3)11-7-26)19-27-8-12-30(56-4)13-9-27)48-38(35(24)47)37-34(46)36-33-39(54(21-31(44)45)25(2)22-57-40(33)49-37)51-41(50-36)58-23-42-14-5-15-53(42)20-28(43)17-42/h6-13,16,25,28,31H,5,14-15,17-23H2,1-4H3/t25-,28+,42-/m0/s1. The highest BCUT2D eigenvalue weighted by molar-refractivity contribution is 14.1. The number of aromatic nitrogens is 4. The summed E-state index contributed by atoms with van der Waals surface area (Å²) in [4.78, 5) is 24.5. The molecular weight excluding hydrogens is 869 g/mol. The van der Waals surface area contributed by atoms with Crippen LogP contribution in [-0.2, 0) is 13.1 Å². The normalized spacial score (nSPS) is 20.3. The maximum atomic E-state index is 17.4. The van der Waals surface area contributed by atoms with Gasteiger partial charge in [-0.2, -0.15) is 9.97 Å². The molecule has 0 saturated carbocycles. The van der Waals surface area contributed by atoms with Crippen molar-refractivity contribution in [2.45, 2.75) is 70.4 Å². The lowest BCUT2D eigenvalue weighted by Crippen LogP contribution is -2.43. The fourth-order valence-electron chi connectivity index (χ4n) is 8.28. The van der Waals surface area contributed by atoms with Crippen LogP contribution >= 0.6 is 22.6 Å². The van der Waals surface area contributed by atoms with Crippen molar-refractivity contribution >= 4 is 45.1 Å². The number of halogens is 5. The Morgan fingerprint density at radius 2 is 1.64 bits per heavy atom. The Balaban J connectivity index is 1.24. The molecule has 0 aliphatic carbocycles. The number of anilines is 2. The smallest absolute Gasteiger partial charge is 0.319 e. The second-order valence-corrected chi connectivity index (χ2v) is 16.3. The molecule has 0 radical (unpaired) electrons. The van der Waals surface area contributed by atoms with E-state index in [4.69, 9.17) is 28.9 Å². The molecular formula is C42H44F4IN7O4. The first-order valence-electron chi connectivity index (χ1n) is 19.2. The number of pyridine rings is 2. The van der Waals surface area contributed by atoms with Crippen molar-refractivity contribution in [1.29, 1.82) is 0 Å². The molecule has 2 fully saturated rings. The summed E-state index contributed by atoms with van der Waals surface area (Å²) >= 11 is 2.14. The molecule has 16 heteroatoms. The largest absolute Gasteiger partial charge is 0.497 e. The average Bonchev–Trinajstić information content (AvgIpc) is 3.71. The summed E-state index contributed by atoms with van der Waals surface area (Å²) in [5, 5.41) is 0.0625. The zero-order valence-corrected chi connectivity index (χ0v) is 34.8. The summed E-state index contributed by atoms with van der Waals surface area (Å²) in [5.41, 5.74) is 2.23. The van der Waals surface area contributed by atoms with Gasteiger partial charge >= 0.3 is 6.01 Å². The first-order chi connectivity index (χ1) is 27.9. The number of benzene rings is 2. The highest BCUT2D eigenvalue weighted by Crippen LogP contribution is 2.43. The van der Waals surface area contributed by atoms with Crippen LogP contribution in [0.15, 0.2) is 54.6 Å². The number of methoxy groups -OCH3 is 2. The van der Waals surface area contributed by atoms with Crippen molar-refractivity contribution in [3.05, 3.63) is 80.7 Å². The minimum Gasteiger partial charge on any atom is -0.497 e. The Hall–Kier alpha value is -4.71. The Kier molecular flexibility index (Phi) is 11.4. The van der Waals surface area contributed by atoms with Gasteiger partial charge in [-0.3, -0.25) is 4.90 Å². The van der Waals surface area contributed by atoms with E-state index in [1.165, 1.54) is 4.90 Å². The van der Waals surface area contributed by atoms with Gasteiger partial charge in [-0.1, -0.05) is 24.3 Å². The number of alkyl halides is 3. The minimum atomic E-state index is -2.73. The maximum Gasteiger partial charge on any atom is 0.319 e. The predicted octanol–water partition coefficient (Wildman–Crippen LogP) is 8.17. The Morgan fingerprint density at radius 1 is 0.966 bits per heavy atom. The lowest BCUT2D eigenvalue weighted by atomic mass is 9.95. The maximum absolute atomic E-state index is 17.4. The third-order valence-electron chi connectivity index (χ3n) is 11.3. The molecule has 2 aromatic carbocycles. The SMILES string of the molecule is COc1ccc(CN(Cc2ccc(OC)cc2)c2cc(C)c(I)c(-c3nc4c5c(nc(OC[C@@]67CCCN6C[C@H](F)C7)nc5c3F)N(CC(F)F)[C@@H](C)CO4)n2)cc1. The third kappa shape index (κ3) is 7.88. The quantitative estimate of drug-likeness (QED) is 0.0846. The minimum absolute atomic E-state index is 0.00201. The van der Waals surface area contributed by atoms with E-state index in [0.717, 1.165) is 47.6 Å². The summed E-state index contributed by atoms with van der Waals surface area (Å²) in [5.74, 6) is 1.24. The van der Waals surface area contributed by atoms with Gasteiger partial charge in [0, 0.05) is 29.6 Å². The average molecular weight is 914 g/mol. The number of hydrogen-bond donors (Lipinski definition) is 0. The predicted molar refractivity (Wildman–Crippen MR) is 221 cm³/mol. The van der Waals surface area contributed by atoms with Crippen molar-refractivity contribution in [3.8, 4) is 34.8 Å². The first-order valence-corrected chi connectivity index (χ1v) is 20.3. The summed E-state index contributed by atoms with van der Waals surface area (Å²) in [7, 11) is 3.24. The summed E-state index contributed by atoms with van der Waals surface area (Å²) in [6.07, 6.45) is -1.79. The highest BCUT2D eigenvalue weighted by atomic mass is 127. The third-order valence-corrected chi connectivity index (χ3v) is 12.6. The van der Waals surface area contributed by atoms with Gasteiger partial charge in [-0.15, -0.1) is 0 Å². The van der Waals surface area contributed by atoms with Crippen LogP contribution in [0.1, 0.15) is 42.9 Å². The van der Waals surface area contributed by atoms with Crippen LogP contribution in [0, 0.1) is 16.3 Å². The molecule has 0 unspecified atom stereocenters. The van der Waals surface area contributed by atoms with Crippen LogP contribution in [0.5, 0.6) is 23.4 Å². The molecule has 306 valence electrons. The second kappa shape index (κ2) is 16.5. The van der Waals surface area contributed by atoms with Crippen molar-refractivity contribution in [2.24, 2.45) is 0 Å². The van der Waals surface area contributed by atoms with E-state index in [1.807, 2.05) is 61.5 Å². The van der Waals surface area contributed by atoms with E-state index < -0.39 is 36.5 Å². The van der Waals surface area contributed by atoms with Gasteiger partial charge in [0.15, 0.2) is 5.82 Å². The summed E-state index contributed by atoms with van der Waals surface area (Å²) in [6, 6.07) is 16.7. The molecule has 58 heavy (non-hydrogen) atoms. The molecule has 11 nitrogen and oxygen atoms in total. The van der Waals surface area contributed by atoms with Gasteiger partial charge in [-0.25, -0.2) is 27.5 Å². The van der Waals surface area contributed by atoms with Gasteiger partial charge in [-0.05, 0) is 103 Å². The van der Waals surface area contributed by atoms with E-state index >= 15 is 4.39 Å². The van der Waals surface area contributed by atoms with E-state index in [9.17, 15) is 13.2 Å². The van der Waals surface area contributed by atoms with Crippen LogP contribution in [-0.4, -0.2) is 96.1 Å². The highest BCUT2D eigenvalue weighted by Gasteiger charge is 2.49. The molecule has 0 N–H and O–H groups in total. The zero-order chi connectivity index (χ0) is 40.7. The van der Waals surface area contributed by atoms with E-state index in [-0.39, 0.29) is 53.2 Å². The van der Waals surface area contributed by atoms with Crippen LogP contribution < -0.4 is 28.7 Å². The molecule has 3 aliphatic rings. The topological polar surface area (TPSA) is 98.2 Å². The van der Waals surface area contributed by atoms with Crippen LogP contribution in [0.2, 0.25) is 0 Å². The second-order valence-electron chi connectivity index (χ2n) is 15.2. The lowest BCUT2D eigenvalue weighted by Gasteiger charge is -2.31. The molecule has 0 amide bonds. The van der Waals surface area contributed by atoms with Crippen LogP contribution in [0.3, 0.4) is 0 Å². The van der Waals surface area contributed by atoms with Crippen molar-refractivity contribution in [1.82, 2.24) is 24.8 Å². The van der Waals surface area contributed by atoms with Crippen LogP contribution in [0.4, 0.5) is 29.2 Å². The number of aryl methyl sites for hydroxylation is 1. The molecule has 3 aromatic heterocycles. The van der Waals surface area contributed by atoms with Crippen LogP contribution in [0.25, 0.3) is 22.3 Å².